The smallest absolute Gasteiger partial charge is 0.350 e. The average molecular weight is 226 g/mol. The predicted molar refractivity (Wildman–Crippen MR) is 60.6 cm³/mol. The van der Waals surface area contributed by atoms with Crippen molar-refractivity contribution in [3.63, 3.8) is 0 Å². The first-order chi connectivity index (χ1) is 7.16. The zero-order valence-electron chi connectivity index (χ0n) is 10.3. The van der Waals surface area contributed by atoms with E-state index in [2.05, 4.69) is 4.98 Å². The van der Waals surface area contributed by atoms with Crippen molar-refractivity contribution >= 4 is 6.03 Å². The first-order valence-corrected chi connectivity index (χ1v) is 5.18. The van der Waals surface area contributed by atoms with Gasteiger partial charge in [-0.15, -0.1) is 4.68 Å². The zero-order chi connectivity index (χ0) is 12.7. The van der Waals surface area contributed by atoms with E-state index in [1.807, 2.05) is 34.6 Å². The summed E-state index contributed by atoms with van der Waals surface area (Å²) in [6, 6.07) is -0.806. The second-order valence-corrected chi connectivity index (χ2v) is 5.04. The van der Waals surface area contributed by atoms with Gasteiger partial charge in [-0.2, -0.15) is 4.98 Å². The van der Waals surface area contributed by atoms with Crippen LogP contribution in [0, 0.1) is 0 Å². The van der Waals surface area contributed by atoms with E-state index in [4.69, 9.17) is 5.73 Å². The minimum Gasteiger partial charge on any atom is -0.350 e. The van der Waals surface area contributed by atoms with Crippen LogP contribution in [0.3, 0.4) is 0 Å². The molecule has 1 aromatic rings. The molecule has 0 aliphatic carbocycles. The molecular weight excluding hydrogens is 208 g/mol. The second kappa shape index (κ2) is 3.77. The van der Waals surface area contributed by atoms with Gasteiger partial charge in [0.15, 0.2) is 0 Å². The van der Waals surface area contributed by atoms with Crippen molar-refractivity contribution < 1.29 is 4.79 Å². The fourth-order valence-electron chi connectivity index (χ4n) is 1.59. The monoisotopic (exact) mass is 226 g/mol. The minimum atomic E-state index is -0.806. The standard InChI is InChI=1S/C10H18N4O2/c1-6(2)7-12-9(16)13(8(11)15)14(7)10(3,4)5/h6H,1-5H3,(H2,11,15). The van der Waals surface area contributed by atoms with Crippen molar-refractivity contribution in [1.29, 1.82) is 0 Å². The molecule has 0 aromatic carbocycles. The number of rotatable bonds is 1. The van der Waals surface area contributed by atoms with E-state index in [9.17, 15) is 9.59 Å². The first-order valence-electron chi connectivity index (χ1n) is 5.18. The number of primary amides is 1. The summed E-state index contributed by atoms with van der Waals surface area (Å²) in [5.74, 6) is 0.615. The highest BCUT2D eigenvalue weighted by atomic mass is 16.2. The summed E-state index contributed by atoms with van der Waals surface area (Å²) in [6.07, 6.45) is 0. The summed E-state index contributed by atoms with van der Waals surface area (Å²) >= 11 is 0. The van der Waals surface area contributed by atoms with Crippen LogP contribution in [0.2, 0.25) is 0 Å². The SMILES string of the molecule is CC(C)c1nc(=O)n(C(N)=O)n1C(C)(C)C. The Kier molecular flexibility index (Phi) is 2.94. The van der Waals surface area contributed by atoms with Crippen LogP contribution in [0.5, 0.6) is 0 Å². The molecule has 0 atom stereocenters. The maximum Gasteiger partial charge on any atom is 0.372 e. The molecule has 2 N–H and O–H groups in total. The summed E-state index contributed by atoms with van der Waals surface area (Å²) in [6.45, 7) is 9.49. The van der Waals surface area contributed by atoms with Gasteiger partial charge in [-0.25, -0.2) is 9.59 Å². The summed E-state index contributed by atoms with van der Waals surface area (Å²) in [7, 11) is 0. The zero-order valence-corrected chi connectivity index (χ0v) is 10.3. The van der Waals surface area contributed by atoms with Crippen molar-refractivity contribution in [3.05, 3.63) is 16.3 Å². The number of nitrogens with two attached hydrogens (primary N) is 1. The Hall–Kier alpha value is -1.59. The number of amides is 1. The van der Waals surface area contributed by atoms with Gasteiger partial charge in [-0.05, 0) is 20.8 Å². The molecule has 0 aliphatic rings. The largest absolute Gasteiger partial charge is 0.372 e. The van der Waals surface area contributed by atoms with E-state index in [0.29, 0.717) is 5.82 Å². The van der Waals surface area contributed by atoms with Gasteiger partial charge in [0.25, 0.3) is 0 Å². The third-order valence-electron chi connectivity index (χ3n) is 2.17. The molecule has 16 heavy (non-hydrogen) atoms. The lowest BCUT2D eigenvalue weighted by Crippen LogP contribution is -2.41. The Labute approximate surface area is 94.1 Å². The molecular formula is C10H18N4O2. The van der Waals surface area contributed by atoms with Crippen molar-refractivity contribution in [2.24, 2.45) is 5.73 Å². The molecule has 0 spiro atoms. The van der Waals surface area contributed by atoms with E-state index >= 15 is 0 Å². The maximum atomic E-state index is 11.6. The normalized spacial score (nSPS) is 12.1. The summed E-state index contributed by atoms with van der Waals surface area (Å²) in [5, 5.41) is 0. The molecule has 0 saturated heterocycles. The molecule has 1 amide bonds. The van der Waals surface area contributed by atoms with Crippen LogP contribution in [0.25, 0.3) is 0 Å². The van der Waals surface area contributed by atoms with Gasteiger partial charge in [0.05, 0.1) is 5.54 Å². The molecule has 0 aliphatic heterocycles. The summed E-state index contributed by atoms with van der Waals surface area (Å²) in [4.78, 5) is 26.7. The van der Waals surface area contributed by atoms with Crippen LogP contribution in [-0.2, 0) is 5.54 Å². The molecule has 6 nitrogen and oxygen atoms in total. The molecule has 1 rings (SSSR count). The van der Waals surface area contributed by atoms with Crippen LogP contribution in [0.15, 0.2) is 4.79 Å². The molecule has 1 aromatic heterocycles. The van der Waals surface area contributed by atoms with Crippen LogP contribution in [0.1, 0.15) is 46.4 Å². The van der Waals surface area contributed by atoms with Crippen LogP contribution in [-0.4, -0.2) is 20.4 Å². The number of aromatic nitrogens is 3. The first kappa shape index (κ1) is 12.5. The highest BCUT2D eigenvalue weighted by molar-refractivity contribution is 5.73. The van der Waals surface area contributed by atoms with Crippen LogP contribution in [0.4, 0.5) is 4.79 Å². The number of hydrogen-bond donors (Lipinski definition) is 1. The molecule has 0 fully saturated rings. The summed E-state index contributed by atoms with van der Waals surface area (Å²) in [5.41, 5.74) is 4.14. The van der Waals surface area contributed by atoms with Crippen molar-refractivity contribution in [2.75, 3.05) is 0 Å². The molecule has 0 radical (unpaired) electrons. The van der Waals surface area contributed by atoms with E-state index in [1.165, 1.54) is 0 Å². The predicted octanol–water partition coefficient (Wildman–Crippen LogP) is 0.850. The molecule has 6 heteroatoms. The highest BCUT2D eigenvalue weighted by Crippen LogP contribution is 2.19. The van der Waals surface area contributed by atoms with Gasteiger partial charge in [-0.1, -0.05) is 13.8 Å². The average Bonchev–Trinajstić information content (AvgIpc) is 2.41. The molecule has 1 heterocycles. The Bertz CT molecular complexity index is 462. The lowest BCUT2D eigenvalue weighted by Gasteiger charge is -2.26. The van der Waals surface area contributed by atoms with Gasteiger partial charge >= 0.3 is 11.7 Å². The van der Waals surface area contributed by atoms with Gasteiger partial charge < -0.3 is 5.73 Å². The topological polar surface area (TPSA) is 82.9 Å². The van der Waals surface area contributed by atoms with E-state index in [0.717, 1.165) is 4.68 Å². The van der Waals surface area contributed by atoms with Gasteiger partial charge in [0.2, 0.25) is 0 Å². The Morgan fingerprint density at radius 2 is 1.88 bits per heavy atom. The lowest BCUT2D eigenvalue weighted by molar-refractivity contribution is 0.228. The van der Waals surface area contributed by atoms with E-state index in [1.54, 1.807) is 4.68 Å². The lowest BCUT2D eigenvalue weighted by atomic mass is 10.1. The fourth-order valence-corrected chi connectivity index (χ4v) is 1.59. The van der Waals surface area contributed by atoms with Gasteiger partial charge in [-0.3, -0.25) is 4.68 Å². The van der Waals surface area contributed by atoms with E-state index in [-0.39, 0.29) is 5.92 Å². The third-order valence-corrected chi connectivity index (χ3v) is 2.17. The Morgan fingerprint density at radius 1 is 1.38 bits per heavy atom. The number of carbonyl (C=O) groups excluding carboxylic acids is 1. The van der Waals surface area contributed by atoms with Crippen molar-refractivity contribution in [3.8, 4) is 0 Å². The quantitative estimate of drug-likeness (QED) is 0.770. The van der Waals surface area contributed by atoms with Crippen molar-refractivity contribution in [2.45, 2.75) is 46.1 Å². The van der Waals surface area contributed by atoms with Crippen molar-refractivity contribution in [1.82, 2.24) is 14.3 Å². The number of carbonyl (C=O) groups is 1. The number of hydrogen-bond acceptors (Lipinski definition) is 3. The van der Waals surface area contributed by atoms with Crippen LogP contribution >= 0.6 is 0 Å². The Balaban J connectivity index is 3.63. The second-order valence-electron chi connectivity index (χ2n) is 5.04. The number of nitrogens with zero attached hydrogens (tertiary/aromatic N) is 3. The van der Waals surface area contributed by atoms with E-state index < -0.39 is 17.3 Å². The highest BCUT2D eigenvalue weighted by Gasteiger charge is 2.26. The minimum absolute atomic E-state index is 0.0486. The molecule has 0 bridgehead atoms. The summed E-state index contributed by atoms with van der Waals surface area (Å²) < 4.78 is 2.44. The van der Waals surface area contributed by atoms with Gasteiger partial charge in [0.1, 0.15) is 5.82 Å². The molecule has 90 valence electrons. The third kappa shape index (κ3) is 2.00. The maximum absolute atomic E-state index is 11.6. The molecule has 0 saturated carbocycles. The fraction of sp³-hybridized carbons (Fsp3) is 0.700. The van der Waals surface area contributed by atoms with Crippen LogP contribution < -0.4 is 11.4 Å². The Morgan fingerprint density at radius 3 is 2.19 bits per heavy atom. The molecule has 0 unspecified atom stereocenters. The van der Waals surface area contributed by atoms with Gasteiger partial charge in [0, 0.05) is 5.92 Å².